The Kier molecular flexibility index (Phi) is 4.07. The van der Waals surface area contributed by atoms with E-state index in [0.29, 0.717) is 12.5 Å². The van der Waals surface area contributed by atoms with Gasteiger partial charge in [-0.25, -0.2) is 4.68 Å². The first kappa shape index (κ1) is 16.3. The van der Waals surface area contributed by atoms with Crippen LogP contribution in [0, 0.1) is 0 Å². The number of aryl methyl sites for hydroxylation is 1. The van der Waals surface area contributed by atoms with E-state index >= 15 is 0 Å². The highest BCUT2D eigenvalue weighted by Crippen LogP contribution is 2.33. The maximum Gasteiger partial charge on any atom is 0.264 e. The van der Waals surface area contributed by atoms with Crippen LogP contribution in [0.5, 0.6) is 0 Å². The van der Waals surface area contributed by atoms with Crippen molar-refractivity contribution in [2.45, 2.75) is 38.6 Å². The molecule has 3 aromatic heterocycles. The van der Waals surface area contributed by atoms with Crippen molar-refractivity contribution in [3.8, 4) is 0 Å². The van der Waals surface area contributed by atoms with Crippen LogP contribution in [0.15, 0.2) is 18.5 Å². The van der Waals surface area contributed by atoms with Gasteiger partial charge < -0.3 is 4.90 Å². The molecule has 0 spiro atoms. The van der Waals surface area contributed by atoms with Crippen LogP contribution in [0.4, 0.5) is 0 Å². The predicted octanol–water partition coefficient (Wildman–Crippen LogP) is 2.83. The van der Waals surface area contributed by atoms with E-state index in [9.17, 15) is 4.79 Å². The zero-order valence-corrected chi connectivity index (χ0v) is 15.5. The number of carbonyl (C=O) groups excluding carboxylic acids is 1. The number of thiophene rings is 1. The minimum Gasteiger partial charge on any atom is -0.336 e. The second-order valence-corrected chi connectivity index (χ2v) is 7.95. The van der Waals surface area contributed by atoms with Gasteiger partial charge in [-0.3, -0.25) is 9.48 Å². The summed E-state index contributed by atoms with van der Waals surface area (Å²) in [6, 6.07) is 2.23. The Morgan fingerprint density at radius 3 is 2.96 bits per heavy atom. The van der Waals surface area contributed by atoms with Gasteiger partial charge >= 0.3 is 0 Å². The summed E-state index contributed by atoms with van der Waals surface area (Å²) < 4.78 is 3.76. The number of carbonyl (C=O) groups is 1. The quantitative estimate of drug-likeness (QED) is 0.722. The number of rotatable bonds is 3. The lowest BCUT2D eigenvalue weighted by atomic mass is 10.1. The summed E-state index contributed by atoms with van der Waals surface area (Å²) in [5.74, 6) is 0.452. The van der Waals surface area contributed by atoms with Crippen molar-refractivity contribution < 1.29 is 4.79 Å². The summed E-state index contributed by atoms with van der Waals surface area (Å²) in [6.45, 7) is 5.75. The van der Waals surface area contributed by atoms with Gasteiger partial charge in [0.25, 0.3) is 5.91 Å². The molecular weight excluding hydrogens is 336 g/mol. The summed E-state index contributed by atoms with van der Waals surface area (Å²) >= 11 is 1.54. The Balaban J connectivity index is 1.60. The van der Waals surface area contributed by atoms with Gasteiger partial charge in [0.1, 0.15) is 4.83 Å². The number of hydrogen-bond donors (Lipinski definition) is 0. The maximum absolute atomic E-state index is 13.0. The Morgan fingerprint density at radius 2 is 2.24 bits per heavy atom. The van der Waals surface area contributed by atoms with E-state index in [1.165, 1.54) is 11.3 Å². The van der Waals surface area contributed by atoms with Crippen molar-refractivity contribution in [3.05, 3.63) is 29.0 Å². The van der Waals surface area contributed by atoms with Crippen molar-refractivity contribution in [2.75, 3.05) is 13.1 Å². The average molecular weight is 358 g/mol. The molecule has 0 radical (unpaired) electrons. The van der Waals surface area contributed by atoms with Gasteiger partial charge in [0.2, 0.25) is 0 Å². The zero-order valence-electron chi connectivity index (χ0n) is 14.7. The largest absolute Gasteiger partial charge is 0.336 e. The Bertz CT molecular complexity index is 894. The Hall–Kier alpha value is -2.22. The third kappa shape index (κ3) is 2.84. The lowest BCUT2D eigenvalue weighted by Gasteiger charge is -2.32. The third-order valence-corrected chi connectivity index (χ3v) is 5.99. The van der Waals surface area contributed by atoms with Crippen LogP contribution in [-0.4, -0.2) is 48.7 Å². The van der Waals surface area contributed by atoms with E-state index in [1.807, 2.05) is 33.6 Å². The first-order valence-electron chi connectivity index (χ1n) is 8.66. The van der Waals surface area contributed by atoms with E-state index < -0.39 is 0 Å². The highest BCUT2D eigenvalue weighted by atomic mass is 32.1. The number of hydrogen-bond acceptors (Lipinski definition) is 5. The van der Waals surface area contributed by atoms with Crippen molar-refractivity contribution in [2.24, 2.45) is 7.05 Å². The molecule has 4 heterocycles. The van der Waals surface area contributed by atoms with Gasteiger partial charge in [-0.1, -0.05) is 19.1 Å². The van der Waals surface area contributed by atoms with Crippen LogP contribution in [0.3, 0.4) is 0 Å². The number of piperidine rings is 1. The van der Waals surface area contributed by atoms with Gasteiger partial charge in [-0.15, -0.1) is 16.4 Å². The molecule has 0 aliphatic carbocycles. The lowest BCUT2D eigenvalue weighted by Crippen LogP contribution is -2.40. The molecular formula is C17H22N6OS. The molecule has 1 aliphatic heterocycles. The van der Waals surface area contributed by atoms with Gasteiger partial charge in [-0.2, -0.15) is 5.10 Å². The average Bonchev–Trinajstić information content (AvgIpc) is 3.32. The first-order valence-corrected chi connectivity index (χ1v) is 9.47. The van der Waals surface area contributed by atoms with Crippen LogP contribution < -0.4 is 0 Å². The van der Waals surface area contributed by atoms with Crippen LogP contribution in [0.25, 0.3) is 10.2 Å². The lowest BCUT2D eigenvalue weighted by molar-refractivity contribution is 0.0677. The van der Waals surface area contributed by atoms with E-state index in [2.05, 4.69) is 29.3 Å². The van der Waals surface area contributed by atoms with Crippen LogP contribution in [-0.2, 0) is 7.05 Å². The number of amides is 1. The van der Waals surface area contributed by atoms with Crippen LogP contribution in [0.1, 0.15) is 54.0 Å². The molecule has 1 unspecified atom stereocenters. The van der Waals surface area contributed by atoms with Crippen LogP contribution in [0.2, 0.25) is 0 Å². The van der Waals surface area contributed by atoms with E-state index in [0.717, 1.165) is 40.2 Å². The number of fused-ring (bicyclic) bond motifs is 1. The normalized spacial score (nSPS) is 18.4. The van der Waals surface area contributed by atoms with E-state index in [1.54, 1.807) is 6.20 Å². The number of likely N-dealkylation sites (tertiary alicyclic amines) is 1. The SMILES string of the molecule is CC(C)c1nn(C)c2sc(C(=O)N3CCCC(n4ccnn4)C3)cc12. The molecule has 0 bridgehead atoms. The van der Waals surface area contributed by atoms with Gasteiger partial charge in [-0.05, 0) is 24.8 Å². The maximum atomic E-state index is 13.0. The highest BCUT2D eigenvalue weighted by molar-refractivity contribution is 7.20. The molecule has 4 rings (SSSR count). The molecule has 3 aromatic rings. The first-order chi connectivity index (χ1) is 12.0. The van der Waals surface area contributed by atoms with Crippen molar-refractivity contribution in [1.82, 2.24) is 29.7 Å². The zero-order chi connectivity index (χ0) is 17.6. The van der Waals surface area contributed by atoms with Crippen molar-refractivity contribution in [1.29, 1.82) is 0 Å². The number of nitrogens with zero attached hydrogens (tertiary/aromatic N) is 6. The molecule has 0 saturated carbocycles. The van der Waals surface area contributed by atoms with Gasteiger partial charge in [0.05, 0.1) is 22.8 Å². The fourth-order valence-corrected chi connectivity index (χ4v) is 4.57. The summed E-state index contributed by atoms with van der Waals surface area (Å²) in [5, 5.41) is 13.7. The minimum absolute atomic E-state index is 0.112. The summed E-state index contributed by atoms with van der Waals surface area (Å²) in [4.78, 5) is 16.8. The Labute approximate surface area is 150 Å². The summed E-state index contributed by atoms with van der Waals surface area (Å²) in [6.07, 6.45) is 5.58. The molecule has 25 heavy (non-hydrogen) atoms. The van der Waals surface area contributed by atoms with Crippen LogP contribution >= 0.6 is 11.3 Å². The molecule has 1 aliphatic rings. The highest BCUT2D eigenvalue weighted by Gasteiger charge is 2.28. The molecule has 132 valence electrons. The second kappa shape index (κ2) is 6.25. The second-order valence-electron chi connectivity index (χ2n) is 6.92. The Morgan fingerprint density at radius 1 is 1.40 bits per heavy atom. The van der Waals surface area contributed by atoms with Crippen molar-refractivity contribution >= 4 is 27.5 Å². The fraction of sp³-hybridized carbons (Fsp3) is 0.529. The standard InChI is InChI=1S/C17H22N6OS/c1-11(2)15-13-9-14(25-17(13)21(3)19-15)16(24)22-7-4-5-12(10-22)23-8-6-18-20-23/h6,8-9,11-12H,4-5,7,10H2,1-3H3. The molecule has 1 fully saturated rings. The molecule has 1 saturated heterocycles. The van der Waals surface area contributed by atoms with Crippen molar-refractivity contribution in [3.63, 3.8) is 0 Å². The molecule has 0 aromatic carbocycles. The summed E-state index contributed by atoms with van der Waals surface area (Å²) in [7, 11) is 1.95. The predicted molar refractivity (Wildman–Crippen MR) is 96.9 cm³/mol. The molecule has 7 nitrogen and oxygen atoms in total. The fourth-order valence-electron chi connectivity index (χ4n) is 3.52. The molecule has 0 N–H and O–H groups in total. The molecule has 1 atom stereocenters. The smallest absolute Gasteiger partial charge is 0.264 e. The minimum atomic E-state index is 0.112. The van der Waals surface area contributed by atoms with Gasteiger partial charge in [0.15, 0.2) is 0 Å². The topological polar surface area (TPSA) is 68.8 Å². The van der Waals surface area contributed by atoms with E-state index in [4.69, 9.17) is 0 Å². The third-order valence-electron chi connectivity index (χ3n) is 4.80. The molecule has 8 heteroatoms. The van der Waals surface area contributed by atoms with Gasteiger partial charge in [0, 0.05) is 31.7 Å². The monoisotopic (exact) mass is 358 g/mol. The molecule has 1 amide bonds. The van der Waals surface area contributed by atoms with E-state index in [-0.39, 0.29) is 11.9 Å². The number of aromatic nitrogens is 5. The summed E-state index contributed by atoms with van der Waals surface area (Å²) in [5.41, 5.74) is 1.06.